The second kappa shape index (κ2) is 9.68. The molecule has 0 radical (unpaired) electrons. The van der Waals surface area contributed by atoms with E-state index in [-0.39, 0.29) is 5.69 Å². The molecule has 0 atom stereocenters. The highest BCUT2D eigenvalue weighted by atomic mass is 35.5. The minimum absolute atomic E-state index is 0.169. The van der Waals surface area contributed by atoms with Crippen molar-refractivity contribution in [1.29, 1.82) is 0 Å². The summed E-state index contributed by atoms with van der Waals surface area (Å²) in [6.07, 6.45) is -3.23. The third kappa shape index (κ3) is 5.94. The second-order valence-electron chi connectivity index (χ2n) is 7.02. The Hall–Kier alpha value is -3.30. The van der Waals surface area contributed by atoms with E-state index < -0.39 is 23.6 Å². The topological polar surface area (TPSA) is 75.5 Å². The van der Waals surface area contributed by atoms with Crippen LogP contribution in [-0.2, 0) is 15.8 Å². The van der Waals surface area contributed by atoms with Gasteiger partial charge in [0.1, 0.15) is 0 Å². The van der Waals surface area contributed by atoms with Gasteiger partial charge in [0.15, 0.2) is 0 Å². The highest BCUT2D eigenvalue weighted by molar-refractivity contribution is 6.39. The van der Waals surface area contributed by atoms with Crippen LogP contribution in [0.5, 0.6) is 0 Å². The molecule has 0 saturated heterocycles. The molecule has 0 aliphatic carbocycles. The van der Waals surface area contributed by atoms with Crippen LogP contribution in [0.2, 0.25) is 10.0 Å². The van der Waals surface area contributed by atoms with Crippen LogP contribution < -0.4 is 10.7 Å². The van der Waals surface area contributed by atoms with E-state index in [9.17, 15) is 22.8 Å². The fourth-order valence-electron chi connectivity index (χ4n) is 3.16. The summed E-state index contributed by atoms with van der Waals surface area (Å²) in [6.45, 7) is 3.69. The van der Waals surface area contributed by atoms with Gasteiger partial charge in [-0.2, -0.15) is 18.3 Å². The van der Waals surface area contributed by atoms with Crippen LogP contribution in [0, 0.1) is 13.8 Å². The van der Waals surface area contributed by atoms with Crippen LogP contribution >= 0.6 is 23.2 Å². The van der Waals surface area contributed by atoms with Crippen molar-refractivity contribution in [3.05, 3.63) is 81.1 Å². The average molecular weight is 497 g/mol. The van der Waals surface area contributed by atoms with Crippen LogP contribution in [0.25, 0.3) is 5.69 Å². The summed E-state index contributed by atoms with van der Waals surface area (Å²) < 4.78 is 40.2. The van der Waals surface area contributed by atoms with E-state index >= 15 is 0 Å². The van der Waals surface area contributed by atoms with Crippen molar-refractivity contribution >= 4 is 46.9 Å². The first-order chi connectivity index (χ1) is 15.5. The Morgan fingerprint density at radius 2 is 1.67 bits per heavy atom. The van der Waals surface area contributed by atoms with E-state index in [1.54, 1.807) is 18.2 Å². The van der Waals surface area contributed by atoms with E-state index in [2.05, 4.69) is 15.8 Å². The first-order valence-corrected chi connectivity index (χ1v) is 10.2. The molecule has 2 N–H and O–H groups in total. The molecule has 0 spiro atoms. The van der Waals surface area contributed by atoms with E-state index in [1.807, 2.05) is 24.5 Å². The molecule has 0 aliphatic rings. The molecule has 2 amide bonds. The SMILES string of the molecule is Cc1cc(/C=N\NC(=O)C(=O)Nc2cccc(C(F)(F)F)c2)c(C)n1-c1cc(Cl)cc(Cl)c1. The quantitative estimate of drug-likeness (QED) is 0.284. The van der Waals surface area contributed by atoms with Gasteiger partial charge in [-0.25, -0.2) is 5.43 Å². The number of aryl methyl sites for hydroxylation is 1. The lowest BCUT2D eigenvalue weighted by molar-refractivity contribution is -0.137. The number of amides is 2. The Bertz CT molecular complexity index is 1230. The summed E-state index contributed by atoms with van der Waals surface area (Å²) in [6, 6.07) is 10.9. The first kappa shape index (κ1) is 24.3. The smallest absolute Gasteiger partial charge is 0.318 e. The van der Waals surface area contributed by atoms with Gasteiger partial charge in [-0.3, -0.25) is 9.59 Å². The standard InChI is InChI=1S/C22H17Cl2F3N4O2/c1-12-6-14(13(2)31(12)19-9-16(23)8-17(24)10-19)11-28-30-21(33)20(32)29-18-5-3-4-15(7-18)22(25,26)27/h3-11H,1-2H3,(H,29,32)(H,30,33)/b28-11-. The van der Waals surface area contributed by atoms with Crippen LogP contribution in [0.15, 0.2) is 53.6 Å². The minimum atomic E-state index is -4.57. The number of hydrogen-bond acceptors (Lipinski definition) is 3. The van der Waals surface area contributed by atoms with Crippen molar-refractivity contribution < 1.29 is 22.8 Å². The molecule has 2 aromatic carbocycles. The van der Waals surface area contributed by atoms with Crippen molar-refractivity contribution in [3.63, 3.8) is 0 Å². The lowest BCUT2D eigenvalue weighted by Gasteiger charge is -2.10. The average Bonchev–Trinajstić information content (AvgIpc) is 3.00. The van der Waals surface area contributed by atoms with Crippen molar-refractivity contribution in [2.24, 2.45) is 5.10 Å². The van der Waals surface area contributed by atoms with Crippen LogP contribution in [0.1, 0.15) is 22.5 Å². The zero-order chi connectivity index (χ0) is 24.3. The summed E-state index contributed by atoms with van der Waals surface area (Å²) in [7, 11) is 0. The summed E-state index contributed by atoms with van der Waals surface area (Å²) in [4.78, 5) is 24.0. The Balaban J connectivity index is 1.69. The van der Waals surface area contributed by atoms with E-state index in [1.165, 1.54) is 12.3 Å². The van der Waals surface area contributed by atoms with Gasteiger partial charge in [-0.1, -0.05) is 29.3 Å². The molecule has 3 rings (SSSR count). The molecule has 33 heavy (non-hydrogen) atoms. The summed E-state index contributed by atoms with van der Waals surface area (Å²) >= 11 is 12.2. The maximum atomic E-state index is 12.8. The number of halogens is 5. The van der Waals surface area contributed by atoms with Gasteiger partial charge in [0.25, 0.3) is 0 Å². The van der Waals surface area contributed by atoms with Gasteiger partial charge in [-0.05, 0) is 56.3 Å². The zero-order valence-electron chi connectivity index (χ0n) is 17.3. The van der Waals surface area contributed by atoms with Crippen molar-refractivity contribution in [3.8, 4) is 5.69 Å². The number of alkyl halides is 3. The van der Waals surface area contributed by atoms with Crippen molar-refractivity contribution in [2.45, 2.75) is 20.0 Å². The number of aromatic nitrogens is 1. The summed E-state index contributed by atoms with van der Waals surface area (Å²) in [5, 5.41) is 6.82. The largest absolute Gasteiger partial charge is 0.416 e. The Kier molecular flexibility index (Phi) is 7.14. The molecule has 3 aromatic rings. The molecule has 0 bridgehead atoms. The maximum absolute atomic E-state index is 12.8. The molecule has 0 aliphatic heterocycles. The number of carbonyl (C=O) groups is 2. The fraction of sp³-hybridized carbons (Fsp3) is 0.136. The predicted octanol–water partition coefficient (Wildman–Crippen LogP) is 5.51. The van der Waals surface area contributed by atoms with E-state index in [0.717, 1.165) is 35.3 Å². The third-order valence-electron chi connectivity index (χ3n) is 4.60. The van der Waals surface area contributed by atoms with Gasteiger partial charge >= 0.3 is 18.0 Å². The Morgan fingerprint density at radius 3 is 2.30 bits per heavy atom. The lowest BCUT2D eigenvalue weighted by Crippen LogP contribution is -2.32. The predicted molar refractivity (Wildman–Crippen MR) is 121 cm³/mol. The first-order valence-electron chi connectivity index (χ1n) is 9.43. The lowest BCUT2D eigenvalue weighted by atomic mass is 10.2. The van der Waals surface area contributed by atoms with Crippen LogP contribution in [-0.4, -0.2) is 22.6 Å². The minimum Gasteiger partial charge on any atom is -0.318 e. The van der Waals surface area contributed by atoms with Gasteiger partial charge in [-0.15, -0.1) is 0 Å². The fourth-order valence-corrected chi connectivity index (χ4v) is 3.67. The normalized spacial score (nSPS) is 11.6. The Labute approximate surface area is 197 Å². The summed E-state index contributed by atoms with van der Waals surface area (Å²) in [5.41, 5.74) is 3.96. The molecule has 172 valence electrons. The monoisotopic (exact) mass is 496 g/mol. The molecular weight excluding hydrogens is 480 g/mol. The van der Waals surface area contributed by atoms with Crippen molar-refractivity contribution in [1.82, 2.24) is 9.99 Å². The molecule has 0 saturated carbocycles. The number of anilines is 1. The summed E-state index contributed by atoms with van der Waals surface area (Å²) in [5.74, 6) is -2.30. The maximum Gasteiger partial charge on any atom is 0.416 e. The third-order valence-corrected chi connectivity index (χ3v) is 5.04. The number of carbonyl (C=O) groups excluding carboxylic acids is 2. The Morgan fingerprint density at radius 1 is 1.00 bits per heavy atom. The number of rotatable bonds is 4. The molecule has 1 heterocycles. The highest BCUT2D eigenvalue weighted by Crippen LogP contribution is 2.30. The van der Waals surface area contributed by atoms with Gasteiger partial charge in [0.2, 0.25) is 0 Å². The van der Waals surface area contributed by atoms with Gasteiger partial charge in [0.05, 0.1) is 11.8 Å². The molecular formula is C22H17Cl2F3N4O2. The molecule has 1 aromatic heterocycles. The molecule has 11 heteroatoms. The van der Waals surface area contributed by atoms with E-state index in [4.69, 9.17) is 23.2 Å². The number of nitrogens with zero attached hydrogens (tertiary/aromatic N) is 2. The van der Waals surface area contributed by atoms with Gasteiger partial charge < -0.3 is 9.88 Å². The van der Waals surface area contributed by atoms with Crippen LogP contribution in [0.3, 0.4) is 0 Å². The number of hydrazone groups is 1. The van der Waals surface area contributed by atoms with Gasteiger partial charge in [0, 0.05) is 38.4 Å². The number of nitrogens with one attached hydrogen (secondary N) is 2. The molecule has 0 fully saturated rings. The molecule has 0 unspecified atom stereocenters. The zero-order valence-corrected chi connectivity index (χ0v) is 18.8. The number of benzene rings is 2. The highest BCUT2D eigenvalue weighted by Gasteiger charge is 2.30. The molecule has 6 nitrogen and oxygen atoms in total. The van der Waals surface area contributed by atoms with Crippen LogP contribution in [0.4, 0.5) is 18.9 Å². The van der Waals surface area contributed by atoms with Crippen molar-refractivity contribution in [2.75, 3.05) is 5.32 Å². The van der Waals surface area contributed by atoms with E-state index in [0.29, 0.717) is 15.6 Å². The second-order valence-corrected chi connectivity index (χ2v) is 7.89. The number of hydrogen-bond donors (Lipinski definition) is 2.